The maximum atomic E-state index is 11.5. The van der Waals surface area contributed by atoms with Crippen LogP contribution in [0.4, 0.5) is 4.79 Å². The van der Waals surface area contributed by atoms with Gasteiger partial charge in [0.05, 0.1) is 7.11 Å². The van der Waals surface area contributed by atoms with Crippen LogP contribution in [-0.4, -0.2) is 49.7 Å². The van der Waals surface area contributed by atoms with Crippen molar-refractivity contribution in [2.45, 2.75) is 12.0 Å². The summed E-state index contributed by atoms with van der Waals surface area (Å²) in [6, 6.07) is 0. The van der Waals surface area contributed by atoms with E-state index in [9.17, 15) is 18.0 Å². The first-order valence-corrected chi connectivity index (χ1v) is 7.16. The Balaban J connectivity index is 2.81. The molecule has 1 saturated heterocycles. The lowest BCUT2D eigenvalue weighted by atomic mass is 10.0. The standard InChI is InChI=1S/C7H12N2O6S2/c1-15-6(12)8-17(13,14)9-7(5(10)11)2-3-16-4-7/h9H,2-4H2,1H3,(H,8,12)(H,10,11). The van der Waals surface area contributed by atoms with Crippen molar-refractivity contribution in [1.29, 1.82) is 0 Å². The summed E-state index contributed by atoms with van der Waals surface area (Å²) in [7, 11) is -3.25. The van der Waals surface area contributed by atoms with Gasteiger partial charge in [-0.1, -0.05) is 0 Å². The van der Waals surface area contributed by atoms with Gasteiger partial charge in [0.15, 0.2) is 0 Å². The summed E-state index contributed by atoms with van der Waals surface area (Å²) in [6.45, 7) is 0. The second-order valence-electron chi connectivity index (χ2n) is 3.39. The summed E-state index contributed by atoms with van der Waals surface area (Å²) < 4.78 is 30.6. The number of hydrogen-bond donors (Lipinski definition) is 3. The first kappa shape index (κ1) is 14.1. The molecule has 8 nitrogen and oxygen atoms in total. The van der Waals surface area contributed by atoms with Crippen molar-refractivity contribution in [2.24, 2.45) is 0 Å². The van der Waals surface area contributed by atoms with E-state index in [4.69, 9.17) is 5.11 Å². The van der Waals surface area contributed by atoms with Crippen LogP contribution in [0.1, 0.15) is 6.42 Å². The van der Waals surface area contributed by atoms with Gasteiger partial charge in [0.25, 0.3) is 0 Å². The molecule has 1 amide bonds. The smallest absolute Gasteiger partial charge is 0.421 e. The number of carboxylic acid groups (broad SMARTS) is 1. The molecule has 0 radical (unpaired) electrons. The first-order valence-electron chi connectivity index (χ1n) is 4.52. The third-order valence-electron chi connectivity index (χ3n) is 2.16. The fourth-order valence-corrected chi connectivity index (χ4v) is 3.84. The number of rotatable bonds is 4. The molecule has 98 valence electrons. The average molecular weight is 284 g/mol. The number of carbonyl (C=O) groups excluding carboxylic acids is 1. The van der Waals surface area contributed by atoms with Gasteiger partial charge >= 0.3 is 22.3 Å². The number of aliphatic carboxylic acids is 1. The van der Waals surface area contributed by atoms with E-state index < -0.39 is 27.8 Å². The van der Waals surface area contributed by atoms with Gasteiger partial charge in [0, 0.05) is 5.75 Å². The highest BCUT2D eigenvalue weighted by atomic mass is 32.2. The Labute approximate surface area is 102 Å². The Morgan fingerprint density at radius 1 is 1.47 bits per heavy atom. The van der Waals surface area contributed by atoms with Crippen molar-refractivity contribution in [3.8, 4) is 0 Å². The second-order valence-corrected chi connectivity index (χ2v) is 5.91. The Morgan fingerprint density at radius 3 is 2.53 bits per heavy atom. The Bertz CT molecular complexity index is 414. The van der Waals surface area contributed by atoms with Crippen LogP contribution in [0.2, 0.25) is 0 Å². The lowest BCUT2D eigenvalue weighted by Crippen LogP contribution is -2.58. The third-order valence-corrected chi connectivity index (χ3v) is 4.45. The highest BCUT2D eigenvalue weighted by Crippen LogP contribution is 2.28. The van der Waals surface area contributed by atoms with Crippen molar-refractivity contribution < 1.29 is 27.9 Å². The zero-order valence-electron chi connectivity index (χ0n) is 8.93. The topological polar surface area (TPSA) is 122 Å². The molecule has 1 atom stereocenters. The van der Waals surface area contributed by atoms with Crippen LogP contribution in [0.15, 0.2) is 0 Å². The van der Waals surface area contributed by atoms with Crippen LogP contribution in [0.5, 0.6) is 0 Å². The van der Waals surface area contributed by atoms with E-state index >= 15 is 0 Å². The maximum absolute atomic E-state index is 11.5. The number of thioether (sulfide) groups is 1. The molecule has 0 saturated carbocycles. The predicted molar refractivity (Wildman–Crippen MR) is 59.9 cm³/mol. The lowest BCUT2D eigenvalue weighted by Gasteiger charge is -2.23. The van der Waals surface area contributed by atoms with Gasteiger partial charge in [0.2, 0.25) is 0 Å². The van der Waals surface area contributed by atoms with Crippen molar-refractivity contribution >= 4 is 34.0 Å². The summed E-state index contributed by atoms with van der Waals surface area (Å²) in [5.41, 5.74) is -1.56. The largest absolute Gasteiger partial charge is 0.480 e. The molecule has 10 heteroatoms. The molecular weight excluding hydrogens is 272 g/mol. The monoisotopic (exact) mass is 284 g/mol. The Morgan fingerprint density at radius 2 is 2.12 bits per heavy atom. The van der Waals surface area contributed by atoms with Crippen molar-refractivity contribution in [1.82, 2.24) is 9.44 Å². The van der Waals surface area contributed by atoms with E-state index in [1.54, 1.807) is 0 Å². The predicted octanol–water partition coefficient (Wildman–Crippen LogP) is -0.863. The quantitative estimate of drug-likeness (QED) is 0.613. The molecule has 17 heavy (non-hydrogen) atoms. The zero-order valence-corrected chi connectivity index (χ0v) is 10.6. The lowest BCUT2D eigenvalue weighted by molar-refractivity contribution is -0.143. The fourth-order valence-electron chi connectivity index (χ4n) is 1.29. The maximum Gasteiger partial charge on any atom is 0.421 e. The number of carboxylic acids is 1. The molecule has 0 aliphatic carbocycles. The van der Waals surface area contributed by atoms with Gasteiger partial charge in [-0.2, -0.15) is 24.9 Å². The summed E-state index contributed by atoms with van der Waals surface area (Å²) in [5, 5.41) is 9.03. The molecule has 1 aliphatic rings. The highest BCUT2D eigenvalue weighted by Gasteiger charge is 2.45. The van der Waals surface area contributed by atoms with Crippen molar-refractivity contribution in [3.05, 3.63) is 0 Å². The van der Waals surface area contributed by atoms with Gasteiger partial charge in [-0.15, -0.1) is 0 Å². The minimum Gasteiger partial charge on any atom is -0.480 e. The van der Waals surface area contributed by atoms with Crippen molar-refractivity contribution in [2.75, 3.05) is 18.6 Å². The zero-order chi connectivity index (χ0) is 13.1. The minimum atomic E-state index is -4.25. The van der Waals surface area contributed by atoms with Crippen LogP contribution in [-0.2, 0) is 19.7 Å². The van der Waals surface area contributed by atoms with Crippen LogP contribution >= 0.6 is 11.8 Å². The molecule has 1 fully saturated rings. The van der Waals surface area contributed by atoms with Crippen LogP contribution < -0.4 is 9.44 Å². The van der Waals surface area contributed by atoms with Gasteiger partial charge < -0.3 is 9.84 Å². The number of nitrogens with one attached hydrogen (secondary N) is 2. The number of methoxy groups -OCH3 is 1. The molecule has 1 heterocycles. The molecule has 1 rings (SSSR count). The van der Waals surface area contributed by atoms with Gasteiger partial charge in [-0.25, -0.2) is 9.52 Å². The molecule has 0 aromatic carbocycles. The minimum absolute atomic E-state index is 0.115. The summed E-state index contributed by atoms with van der Waals surface area (Å²) in [4.78, 5) is 21.8. The van der Waals surface area contributed by atoms with E-state index in [2.05, 4.69) is 4.74 Å². The number of amides is 1. The van der Waals surface area contributed by atoms with E-state index in [1.165, 1.54) is 16.5 Å². The normalized spacial score (nSPS) is 24.3. The van der Waals surface area contributed by atoms with E-state index in [1.807, 2.05) is 4.72 Å². The first-order chi connectivity index (χ1) is 7.81. The Kier molecular flexibility index (Phi) is 4.22. The highest BCUT2D eigenvalue weighted by molar-refractivity contribution is 7.99. The van der Waals surface area contributed by atoms with Gasteiger partial charge in [0.1, 0.15) is 5.54 Å². The average Bonchev–Trinajstić information content (AvgIpc) is 2.65. The van der Waals surface area contributed by atoms with Crippen molar-refractivity contribution in [3.63, 3.8) is 0 Å². The summed E-state index contributed by atoms with van der Waals surface area (Å²) in [6.07, 6.45) is -1.02. The molecule has 0 aromatic rings. The molecule has 0 aromatic heterocycles. The van der Waals surface area contributed by atoms with E-state index in [0.29, 0.717) is 5.75 Å². The van der Waals surface area contributed by atoms with Crippen LogP contribution in [0, 0.1) is 0 Å². The SMILES string of the molecule is COC(=O)NS(=O)(=O)NC1(C(=O)O)CCSC1. The van der Waals surface area contributed by atoms with E-state index in [-0.39, 0.29) is 12.2 Å². The number of hydrogen-bond acceptors (Lipinski definition) is 6. The third kappa shape index (κ3) is 3.48. The van der Waals surface area contributed by atoms with Gasteiger partial charge in [-0.3, -0.25) is 4.79 Å². The molecule has 1 aliphatic heterocycles. The number of ether oxygens (including phenoxy) is 1. The summed E-state index contributed by atoms with van der Waals surface area (Å²) >= 11 is 1.32. The molecule has 0 bridgehead atoms. The Hall–Kier alpha value is -1.00. The molecular formula is C7H12N2O6S2. The van der Waals surface area contributed by atoms with E-state index in [0.717, 1.165) is 7.11 Å². The summed E-state index contributed by atoms with van der Waals surface area (Å²) in [5.74, 6) is -0.616. The van der Waals surface area contributed by atoms with Gasteiger partial charge in [-0.05, 0) is 12.2 Å². The molecule has 1 unspecified atom stereocenters. The molecule has 3 N–H and O–H groups in total. The molecule has 0 spiro atoms. The number of carbonyl (C=O) groups is 2. The second kappa shape index (κ2) is 5.10. The van der Waals surface area contributed by atoms with Crippen LogP contribution in [0.25, 0.3) is 0 Å². The fraction of sp³-hybridized carbons (Fsp3) is 0.714. The van der Waals surface area contributed by atoms with Crippen LogP contribution in [0.3, 0.4) is 0 Å².